The second-order valence-corrected chi connectivity index (χ2v) is 4.55. The second kappa shape index (κ2) is 5.65. The summed E-state index contributed by atoms with van der Waals surface area (Å²) in [5.41, 5.74) is 0. The minimum Gasteiger partial charge on any atom is -0.148 e. The molecule has 12 heavy (non-hydrogen) atoms. The molecule has 0 spiro atoms. The Kier molecular flexibility index (Phi) is 4.77. The lowest BCUT2D eigenvalue weighted by Gasteiger charge is -2.05. The molecule has 0 amide bonds. The first-order valence-electron chi connectivity index (χ1n) is 4.53. The Morgan fingerprint density at radius 3 is 2.92 bits per heavy atom. The summed E-state index contributed by atoms with van der Waals surface area (Å²) in [6.07, 6.45) is 5.05. The van der Waals surface area contributed by atoms with Crippen molar-refractivity contribution in [2.75, 3.05) is 0 Å². The van der Waals surface area contributed by atoms with Crippen molar-refractivity contribution in [2.45, 2.75) is 37.9 Å². The van der Waals surface area contributed by atoms with Gasteiger partial charge in [0.05, 0.1) is 0 Å². The molecule has 0 nitrogen and oxygen atoms in total. The van der Waals surface area contributed by atoms with Crippen molar-refractivity contribution in [3.8, 4) is 0 Å². The number of hydrogen-bond donors (Lipinski definition) is 0. The van der Waals surface area contributed by atoms with Crippen molar-refractivity contribution in [2.24, 2.45) is 0 Å². The van der Waals surface area contributed by atoms with E-state index in [9.17, 15) is 0 Å². The minimum absolute atomic E-state index is 0.358. The molecular weight excluding hydrogens is 184 g/mol. The van der Waals surface area contributed by atoms with Gasteiger partial charge >= 0.3 is 0 Å². The third kappa shape index (κ3) is 3.20. The Morgan fingerprint density at radius 1 is 1.50 bits per heavy atom. The zero-order valence-corrected chi connectivity index (χ0v) is 9.09. The minimum atomic E-state index is 0.358. The van der Waals surface area contributed by atoms with Gasteiger partial charge in [-0.2, -0.15) is 0 Å². The van der Waals surface area contributed by atoms with Gasteiger partial charge in [-0.05, 0) is 17.9 Å². The van der Waals surface area contributed by atoms with E-state index in [4.69, 9.17) is 12.6 Å². The molecule has 67 valence electrons. The molecule has 2 heteroatoms. The molecule has 0 bridgehead atoms. The third-order valence-corrected chi connectivity index (χ3v) is 3.56. The molecule has 0 aliphatic carbocycles. The zero-order chi connectivity index (χ0) is 8.81. The van der Waals surface area contributed by atoms with Crippen molar-refractivity contribution < 1.29 is 0 Å². The van der Waals surface area contributed by atoms with Crippen LogP contribution in [0, 0.1) is 0 Å². The summed E-state index contributed by atoms with van der Waals surface area (Å²) in [5.74, 6) is 0. The summed E-state index contributed by atoms with van der Waals surface area (Å²) in [6.45, 7) is 2.23. The highest BCUT2D eigenvalue weighted by Crippen LogP contribution is 2.29. The quantitative estimate of drug-likeness (QED) is 0.609. The van der Waals surface area contributed by atoms with Crippen LogP contribution < -0.4 is 0 Å². The molecule has 0 saturated heterocycles. The van der Waals surface area contributed by atoms with Crippen LogP contribution in [0.2, 0.25) is 0 Å². The Hall–Kier alpha value is 0.0500. The first-order valence-corrected chi connectivity index (χ1v) is 5.89. The van der Waals surface area contributed by atoms with E-state index >= 15 is 0 Å². The van der Waals surface area contributed by atoms with Gasteiger partial charge in [-0.3, -0.25) is 0 Å². The predicted molar refractivity (Wildman–Crippen MR) is 58.8 cm³/mol. The monoisotopic (exact) mass is 199 g/mol. The van der Waals surface area contributed by atoms with E-state index in [1.54, 1.807) is 11.3 Å². The van der Waals surface area contributed by atoms with Crippen LogP contribution in [-0.4, -0.2) is 0 Å². The van der Waals surface area contributed by atoms with E-state index in [0.717, 1.165) is 0 Å². The molecule has 0 aromatic carbocycles. The van der Waals surface area contributed by atoms with Gasteiger partial charge in [0.15, 0.2) is 0 Å². The van der Waals surface area contributed by atoms with Gasteiger partial charge in [0.1, 0.15) is 0 Å². The van der Waals surface area contributed by atoms with E-state index < -0.39 is 0 Å². The standard InChI is InChI=1S/C10H15S2/c1-2-3-4-6-9(11)10-7-5-8-12-10/h5,7-9H,2-4,6H2,1H3. The lowest BCUT2D eigenvalue weighted by Crippen LogP contribution is -1.86. The maximum Gasteiger partial charge on any atom is 0.0495 e. The fourth-order valence-corrected chi connectivity index (χ4v) is 2.35. The van der Waals surface area contributed by atoms with E-state index in [2.05, 4.69) is 24.4 Å². The maximum absolute atomic E-state index is 5.38. The van der Waals surface area contributed by atoms with Gasteiger partial charge in [-0.1, -0.05) is 44.9 Å². The molecule has 1 atom stereocenters. The van der Waals surface area contributed by atoms with Crippen LogP contribution in [0.15, 0.2) is 17.5 Å². The third-order valence-electron chi connectivity index (χ3n) is 1.93. The van der Waals surface area contributed by atoms with Crippen LogP contribution in [0.4, 0.5) is 0 Å². The van der Waals surface area contributed by atoms with Gasteiger partial charge in [0.2, 0.25) is 0 Å². The molecule has 0 aliphatic heterocycles. The lowest BCUT2D eigenvalue weighted by atomic mass is 10.1. The normalized spacial score (nSPS) is 13.2. The first-order chi connectivity index (χ1) is 5.84. The van der Waals surface area contributed by atoms with Crippen LogP contribution in [0.3, 0.4) is 0 Å². The Morgan fingerprint density at radius 2 is 2.33 bits per heavy atom. The van der Waals surface area contributed by atoms with Gasteiger partial charge in [0, 0.05) is 10.1 Å². The van der Waals surface area contributed by atoms with Gasteiger partial charge in [0.25, 0.3) is 0 Å². The number of unbranched alkanes of at least 4 members (excludes halogenated alkanes) is 2. The summed E-state index contributed by atoms with van der Waals surface area (Å²) in [7, 11) is 0. The molecule has 1 aromatic heterocycles. The molecule has 0 saturated carbocycles. The average Bonchev–Trinajstić information content (AvgIpc) is 2.56. The van der Waals surface area contributed by atoms with Crippen LogP contribution >= 0.6 is 24.0 Å². The van der Waals surface area contributed by atoms with E-state index in [1.807, 2.05) is 0 Å². The van der Waals surface area contributed by atoms with Crippen molar-refractivity contribution in [1.82, 2.24) is 0 Å². The summed E-state index contributed by atoms with van der Waals surface area (Å²) >= 11 is 7.17. The molecule has 0 N–H and O–H groups in total. The molecule has 1 radical (unpaired) electrons. The zero-order valence-electron chi connectivity index (χ0n) is 7.45. The lowest BCUT2D eigenvalue weighted by molar-refractivity contribution is 0.665. The van der Waals surface area contributed by atoms with Crippen molar-refractivity contribution in [3.05, 3.63) is 22.4 Å². The van der Waals surface area contributed by atoms with Gasteiger partial charge in [-0.15, -0.1) is 11.3 Å². The number of hydrogen-bond acceptors (Lipinski definition) is 1. The van der Waals surface area contributed by atoms with Crippen LogP contribution in [0.25, 0.3) is 0 Å². The largest absolute Gasteiger partial charge is 0.148 e. The van der Waals surface area contributed by atoms with E-state index in [1.165, 1.54) is 30.6 Å². The Balaban J connectivity index is 2.25. The second-order valence-electron chi connectivity index (χ2n) is 3.00. The molecule has 1 rings (SSSR count). The topological polar surface area (TPSA) is 0 Å². The average molecular weight is 199 g/mol. The van der Waals surface area contributed by atoms with Crippen LogP contribution in [0.1, 0.15) is 42.7 Å². The van der Waals surface area contributed by atoms with Crippen molar-refractivity contribution in [1.29, 1.82) is 0 Å². The fraction of sp³-hybridized carbons (Fsp3) is 0.600. The maximum atomic E-state index is 5.38. The first kappa shape index (κ1) is 10.1. The molecule has 1 aromatic rings. The molecule has 0 aliphatic rings. The van der Waals surface area contributed by atoms with Crippen LogP contribution in [-0.2, 0) is 0 Å². The molecule has 1 heterocycles. The number of thiophene rings is 1. The summed E-state index contributed by atoms with van der Waals surface area (Å²) in [5, 5.41) is 2.46. The number of rotatable bonds is 5. The molecular formula is C10H15S2. The van der Waals surface area contributed by atoms with Crippen LogP contribution in [0.5, 0.6) is 0 Å². The van der Waals surface area contributed by atoms with E-state index in [0.29, 0.717) is 5.25 Å². The van der Waals surface area contributed by atoms with Gasteiger partial charge < -0.3 is 0 Å². The highest BCUT2D eigenvalue weighted by molar-refractivity contribution is 7.80. The fourth-order valence-electron chi connectivity index (χ4n) is 1.20. The summed E-state index contributed by atoms with van der Waals surface area (Å²) in [4.78, 5) is 1.36. The van der Waals surface area contributed by atoms with E-state index in [-0.39, 0.29) is 0 Å². The SMILES string of the molecule is CCCCCC([S])c1cccs1. The highest BCUT2D eigenvalue weighted by atomic mass is 32.1. The highest BCUT2D eigenvalue weighted by Gasteiger charge is 2.06. The van der Waals surface area contributed by atoms with Crippen molar-refractivity contribution in [3.63, 3.8) is 0 Å². The summed E-state index contributed by atoms with van der Waals surface area (Å²) in [6, 6.07) is 4.23. The Labute approximate surface area is 84.4 Å². The summed E-state index contributed by atoms with van der Waals surface area (Å²) < 4.78 is 0. The molecule has 0 fully saturated rings. The smallest absolute Gasteiger partial charge is 0.0495 e. The predicted octanol–water partition coefficient (Wildman–Crippen LogP) is 4.57. The molecule has 1 unspecified atom stereocenters. The van der Waals surface area contributed by atoms with Gasteiger partial charge in [-0.25, -0.2) is 0 Å². The van der Waals surface area contributed by atoms with Crippen molar-refractivity contribution >= 4 is 24.0 Å². The Bertz CT molecular complexity index is 192.